The van der Waals surface area contributed by atoms with Crippen LogP contribution >= 0.6 is 0 Å². The number of rotatable bonds is 3. The van der Waals surface area contributed by atoms with Gasteiger partial charge in [-0.2, -0.15) is 13.2 Å². The Labute approximate surface area is 105 Å². The van der Waals surface area contributed by atoms with Crippen molar-refractivity contribution >= 4 is 5.91 Å². The van der Waals surface area contributed by atoms with E-state index in [1.54, 1.807) is 23.1 Å². The molecule has 102 valence electrons. The van der Waals surface area contributed by atoms with Crippen LogP contribution in [0.3, 0.4) is 0 Å². The van der Waals surface area contributed by atoms with Crippen molar-refractivity contribution in [2.75, 3.05) is 32.7 Å². The fourth-order valence-corrected chi connectivity index (χ4v) is 1.73. The van der Waals surface area contributed by atoms with E-state index in [1.165, 1.54) is 11.0 Å². The molecule has 6 heteroatoms. The highest BCUT2D eigenvalue weighted by atomic mass is 19.4. The number of piperazine rings is 1. The molecule has 0 spiro atoms. The van der Waals surface area contributed by atoms with E-state index in [4.69, 9.17) is 0 Å². The summed E-state index contributed by atoms with van der Waals surface area (Å²) in [6.45, 7) is 2.16. The lowest BCUT2D eigenvalue weighted by Gasteiger charge is -2.34. The molecule has 1 fully saturated rings. The van der Waals surface area contributed by atoms with Crippen LogP contribution in [0.25, 0.3) is 0 Å². The minimum absolute atomic E-state index is 0.153. The van der Waals surface area contributed by atoms with Crippen molar-refractivity contribution in [3.8, 4) is 0 Å². The van der Waals surface area contributed by atoms with Crippen molar-refractivity contribution in [1.82, 2.24) is 9.80 Å². The van der Waals surface area contributed by atoms with Gasteiger partial charge in [0.15, 0.2) is 0 Å². The van der Waals surface area contributed by atoms with E-state index in [0.717, 1.165) is 0 Å². The molecule has 0 aromatic carbocycles. The quantitative estimate of drug-likeness (QED) is 0.572. The zero-order valence-electron chi connectivity index (χ0n) is 10.3. The van der Waals surface area contributed by atoms with Crippen molar-refractivity contribution < 1.29 is 18.0 Å². The third-order valence-corrected chi connectivity index (χ3v) is 2.63. The van der Waals surface area contributed by atoms with Crippen molar-refractivity contribution in [2.45, 2.75) is 13.1 Å². The molecular formula is C12H17F3N2O. The maximum atomic E-state index is 12.2. The van der Waals surface area contributed by atoms with Gasteiger partial charge in [0.25, 0.3) is 0 Å². The Morgan fingerprint density at radius 3 is 2.28 bits per heavy atom. The number of allylic oxidation sites excluding steroid dienone is 3. The highest BCUT2D eigenvalue weighted by Gasteiger charge is 2.32. The topological polar surface area (TPSA) is 23.6 Å². The van der Waals surface area contributed by atoms with Crippen LogP contribution in [0.4, 0.5) is 13.2 Å². The second-order valence-electron chi connectivity index (χ2n) is 4.10. The summed E-state index contributed by atoms with van der Waals surface area (Å²) in [5.41, 5.74) is 0. The molecule has 18 heavy (non-hydrogen) atoms. The zero-order chi connectivity index (χ0) is 13.6. The van der Waals surface area contributed by atoms with Crippen LogP contribution in [-0.2, 0) is 4.79 Å². The summed E-state index contributed by atoms with van der Waals surface area (Å²) in [5, 5.41) is 0. The molecule has 0 saturated carbocycles. The van der Waals surface area contributed by atoms with Gasteiger partial charge in [-0.25, -0.2) is 0 Å². The van der Waals surface area contributed by atoms with Crippen LogP contribution in [0.5, 0.6) is 0 Å². The van der Waals surface area contributed by atoms with Crippen molar-refractivity contribution in [3.05, 3.63) is 24.3 Å². The van der Waals surface area contributed by atoms with Gasteiger partial charge >= 0.3 is 6.18 Å². The summed E-state index contributed by atoms with van der Waals surface area (Å²) in [7, 11) is 0. The molecule has 1 saturated heterocycles. The van der Waals surface area contributed by atoms with Crippen molar-refractivity contribution in [1.29, 1.82) is 0 Å². The summed E-state index contributed by atoms with van der Waals surface area (Å²) in [4.78, 5) is 14.5. The summed E-state index contributed by atoms with van der Waals surface area (Å²) >= 11 is 0. The molecule has 1 rings (SSSR count). The SMILES string of the molecule is C/C=C/C=C/C(=O)N1CCN(CC(F)(F)F)CC1. The van der Waals surface area contributed by atoms with E-state index in [-0.39, 0.29) is 19.0 Å². The lowest BCUT2D eigenvalue weighted by atomic mass is 10.3. The van der Waals surface area contributed by atoms with Crippen LogP contribution < -0.4 is 0 Å². The smallest absolute Gasteiger partial charge is 0.337 e. The molecule has 0 radical (unpaired) electrons. The molecule has 0 aromatic heterocycles. The van der Waals surface area contributed by atoms with Gasteiger partial charge in [0.2, 0.25) is 5.91 Å². The number of alkyl halides is 3. The molecule has 0 aliphatic carbocycles. The predicted octanol–water partition coefficient (Wildman–Crippen LogP) is 1.83. The lowest BCUT2D eigenvalue weighted by molar-refractivity contribution is -0.150. The normalized spacial score (nSPS) is 19.0. The fourth-order valence-electron chi connectivity index (χ4n) is 1.73. The molecule has 0 atom stereocenters. The second-order valence-corrected chi connectivity index (χ2v) is 4.10. The Kier molecular flexibility index (Phi) is 5.40. The number of amides is 1. The molecule has 1 aliphatic rings. The van der Waals surface area contributed by atoms with Gasteiger partial charge in [-0.15, -0.1) is 0 Å². The fraction of sp³-hybridized carbons (Fsp3) is 0.583. The third-order valence-electron chi connectivity index (χ3n) is 2.63. The molecular weight excluding hydrogens is 245 g/mol. The number of halogens is 3. The highest BCUT2D eigenvalue weighted by Crippen LogP contribution is 2.17. The summed E-state index contributed by atoms with van der Waals surface area (Å²) < 4.78 is 36.5. The maximum Gasteiger partial charge on any atom is 0.401 e. The first kappa shape index (κ1) is 14.8. The minimum Gasteiger partial charge on any atom is -0.337 e. The Morgan fingerprint density at radius 2 is 1.78 bits per heavy atom. The Balaban J connectivity index is 2.37. The molecule has 0 unspecified atom stereocenters. The van der Waals surface area contributed by atoms with Crippen LogP contribution in [0.1, 0.15) is 6.92 Å². The van der Waals surface area contributed by atoms with E-state index in [1.807, 2.05) is 6.92 Å². The van der Waals surface area contributed by atoms with Gasteiger partial charge in [-0.05, 0) is 6.92 Å². The lowest BCUT2D eigenvalue weighted by Crippen LogP contribution is -2.50. The van der Waals surface area contributed by atoms with Gasteiger partial charge in [0.1, 0.15) is 0 Å². The van der Waals surface area contributed by atoms with Crippen molar-refractivity contribution in [2.24, 2.45) is 0 Å². The molecule has 0 bridgehead atoms. The van der Waals surface area contributed by atoms with Gasteiger partial charge in [0, 0.05) is 32.3 Å². The molecule has 0 aromatic rings. The van der Waals surface area contributed by atoms with E-state index < -0.39 is 12.7 Å². The van der Waals surface area contributed by atoms with Gasteiger partial charge in [0.05, 0.1) is 6.54 Å². The van der Waals surface area contributed by atoms with Gasteiger partial charge in [-0.1, -0.05) is 18.2 Å². The first-order chi connectivity index (χ1) is 8.42. The standard InChI is InChI=1S/C12H17F3N2O/c1-2-3-4-5-11(18)17-8-6-16(7-9-17)10-12(13,14)15/h2-5H,6-10H2,1H3/b3-2+,5-4+. The number of hydrogen-bond donors (Lipinski definition) is 0. The molecule has 3 nitrogen and oxygen atoms in total. The summed E-state index contributed by atoms with van der Waals surface area (Å²) in [5.74, 6) is -0.153. The van der Waals surface area contributed by atoms with Crippen LogP contribution in [0, 0.1) is 0 Å². The maximum absolute atomic E-state index is 12.2. The molecule has 0 N–H and O–H groups in total. The molecule has 1 aliphatic heterocycles. The van der Waals surface area contributed by atoms with Gasteiger partial charge < -0.3 is 4.90 Å². The average Bonchev–Trinajstić information content (AvgIpc) is 2.28. The van der Waals surface area contributed by atoms with E-state index >= 15 is 0 Å². The summed E-state index contributed by atoms with van der Waals surface area (Å²) in [6.07, 6.45) is 2.42. The predicted molar refractivity (Wildman–Crippen MR) is 63.0 cm³/mol. The number of hydrogen-bond acceptors (Lipinski definition) is 2. The monoisotopic (exact) mass is 262 g/mol. The Bertz CT molecular complexity index is 329. The van der Waals surface area contributed by atoms with E-state index in [0.29, 0.717) is 13.1 Å². The first-order valence-corrected chi connectivity index (χ1v) is 5.80. The van der Waals surface area contributed by atoms with Crippen LogP contribution in [0.2, 0.25) is 0 Å². The number of carbonyl (C=O) groups excluding carboxylic acids is 1. The Hall–Kier alpha value is -1.30. The van der Waals surface area contributed by atoms with E-state index in [2.05, 4.69) is 0 Å². The largest absolute Gasteiger partial charge is 0.401 e. The van der Waals surface area contributed by atoms with Gasteiger partial charge in [-0.3, -0.25) is 9.69 Å². The van der Waals surface area contributed by atoms with Crippen LogP contribution in [-0.4, -0.2) is 54.6 Å². The second kappa shape index (κ2) is 6.58. The Morgan fingerprint density at radius 1 is 1.17 bits per heavy atom. The average molecular weight is 262 g/mol. The van der Waals surface area contributed by atoms with Crippen LogP contribution in [0.15, 0.2) is 24.3 Å². The molecule has 1 amide bonds. The molecule has 1 heterocycles. The summed E-state index contributed by atoms with van der Waals surface area (Å²) in [6, 6.07) is 0. The minimum atomic E-state index is -4.17. The zero-order valence-corrected chi connectivity index (χ0v) is 10.3. The first-order valence-electron chi connectivity index (χ1n) is 5.80. The van der Waals surface area contributed by atoms with E-state index in [9.17, 15) is 18.0 Å². The van der Waals surface area contributed by atoms with Crippen molar-refractivity contribution in [3.63, 3.8) is 0 Å². The number of nitrogens with zero attached hydrogens (tertiary/aromatic N) is 2. The number of carbonyl (C=O) groups is 1. The highest BCUT2D eigenvalue weighted by molar-refractivity contribution is 5.87. The third kappa shape index (κ3) is 5.35.